The van der Waals surface area contributed by atoms with E-state index in [4.69, 9.17) is 51.5 Å². The molecule has 0 fully saturated rings. The Morgan fingerprint density at radius 3 is 2.35 bits per heavy atom. The summed E-state index contributed by atoms with van der Waals surface area (Å²) in [6, 6.07) is 6.21. The third kappa shape index (κ3) is 3.18. The van der Waals surface area contributed by atoms with Crippen LogP contribution in [0.25, 0.3) is 11.3 Å². The first-order valence-electron chi connectivity index (χ1n) is 5.41. The average Bonchev–Trinajstić information content (AvgIpc) is 2.37. The molecular formula is C13H7Cl4NO2. The van der Waals surface area contributed by atoms with Gasteiger partial charge in [-0.05, 0) is 23.8 Å². The van der Waals surface area contributed by atoms with Crippen LogP contribution in [0.4, 0.5) is 0 Å². The van der Waals surface area contributed by atoms with Crippen molar-refractivity contribution in [3.63, 3.8) is 0 Å². The molecule has 0 aliphatic heterocycles. The topological polar surface area (TPSA) is 50.2 Å². The minimum absolute atomic E-state index is 0.209. The highest BCUT2D eigenvalue weighted by Crippen LogP contribution is 2.40. The van der Waals surface area contributed by atoms with Crippen LogP contribution >= 0.6 is 46.4 Å². The molecule has 0 spiro atoms. The molecule has 104 valence electrons. The first-order chi connectivity index (χ1) is 9.40. The summed E-state index contributed by atoms with van der Waals surface area (Å²) in [6.07, 6.45) is -0.224. The molecule has 0 atom stereocenters. The van der Waals surface area contributed by atoms with E-state index in [1.807, 2.05) is 0 Å². The number of benzene rings is 1. The van der Waals surface area contributed by atoms with Gasteiger partial charge in [0.05, 0.1) is 27.2 Å². The van der Waals surface area contributed by atoms with E-state index in [1.165, 1.54) is 6.07 Å². The van der Waals surface area contributed by atoms with Crippen LogP contribution in [0.3, 0.4) is 0 Å². The summed E-state index contributed by atoms with van der Waals surface area (Å²) in [4.78, 5) is 15.1. The molecule has 1 aromatic carbocycles. The molecule has 0 bridgehead atoms. The number of hydrogen-bond donors (Lipinski definition) is 1. The van der Waals surface area contributed by atoms with Gasteiger partial charge in [-0.3, -0.25) is 4.79 Å². The van der Waals surface area contributed by atoms with E-state index in [0.29, 0.717) is 26.9 Å². The Balaban J connectivity index is 2.71. The second-order valence-electron chi connectivity index (χ2n) is 3.93. The zero-order valence-corrected chi connectivity index (χ0v) is 12.9. The maximum absolute atomic E-state index is 10.9. The fourth-order valence-electron chi connectivity index (χ4n) is 1.73. The standard InChI is InChI=1S/C13H7Cl4NO2/c14-7-2-3-8(15)12(17)11(7)13-6(5-10(19)20)1-4-9(16)18-13/h1-4H,5H2,(H,19,20). The zero-order valence-electron chi connectivity index (χ0n) is 9.83. The van der Waals surface area contributed by atoms with Crippen molar-refractivity contribution < 1.29 is 9.90 Å². The molecule has 1 N–H and O–H groups in total. The van der Waals surface area contributed by atoms with Crippen LogP contribution in [0.1, 0.15) is 5.56 Å². The van der Waals surface area contributed by atoms with Crippen molar-refractivity contribution in [3.05, 3.63) is 50.0 Å². The first kappa shape index (κ1) is 15.4. The molecule has 20 heavy (non-hydrogen) atoms. The summed E-state index contributed by atoms with van der Waals surface area (Å²) in [5.74, 6) is -0.996. The van der Waals surface area contributed by atoms with Crippen LogP contribution in [0, 0.1) is 0 Å². The molecule has 0 amide bonds. The molecule has 1 aromatic heterocycles. The van der Waals surface area contributed by atoms with Gasteiger partial charge in [0.25, 0.3) is 0 Å². The number of aromatic nitrogens is 1. The first-order valence-corrected chi connectivity index (χ1v) is 6.92. The molecule has 0 unspecified atom stereocenters. The second-order valence-corrected chi connectivity index (χ2v) is 5.51. The number of halogens is 4. The Hall–Kier alpha value is -1.000. The number of nitrogens with zero attached hydrogens (tertiary/aromatic N) is 1. The highest BCUT2D eigenvalue weighted by atomic mass is 35.5. The summed E-state index contributed by atoms with van der Waals surface area (Å²) in [6.45, 7) is 0. The van der Waals surface area contributed by atoms with Gasteiger partial charge in [-0.2, -0.15) is 0 Å². The molecule has 7 heteroatoms. The van der Waals surface area contributed by atoms with E-state index in [2.05, 4.69) is 4.98 Å². The van der Waals surface area contributed by atoms with Crippen molar-refractivity contribution in [1.82, 2.24) is 4.98 Å². The third-order valence-corrected chi connectivity index (χ3v) is 3.90. The molecule has 0 saturated carbocycles. The third-order valence-electron chi connectivity index (χ3n) is 2.57. The van der Waals surface area contributed by atoms with Crippen LogP contribution in [-0.4, -0.2) is 16.1 Å². The van der Waals surface area contributed by atoms with Crippen molar-refractivity contribution in [2.24, 2.45) is 0 Å². The lowest BCUT2D eigenvalue weighted by atomic mass is 10.0. The fourth-order valence-corrected chi connectivity index (χ4v) is 2.58. The van der Waals surface area contributed by atoms with Gasteiger partial charge in [-0.25, -0.2) is 4.98 Å². The van der Waals surface area contributed by atoms with E-state index in [0.717, 1.165) is 0 Å². The molecule has 2 rings (SSSR count). The quantitative estimate of drug-likeness (QED) is 0.626. The highest BCUT2D eigenvalue weighted by molar-refractivity contribution is 6.46. The minimum Gasteiger partial charge on any atom is -0.481 e. The largest absolute Gasteiger partial charge is 0.481 e. The number of rotatable bonds is 3. The second kappa shape index (κ2) is 6.19. The number of carboxylic acid groups (broad SMARTS) is 1. The molecular weight excluding hydrogens is 344 g/mol. The molecule has 0 aliphatic carbocycles. The van der Waals surface area contributed by atoms with Gasteiger partial charge >= 0.3 is 5.97 Å². The molecule has 3 nitrogen and oxygen atoms in total. The molecule has 0 radical (unpaired) electrons. The van der Waals surface area contributed by atoms with E-state index in [9.17, 15) is 4.79 Å². The predicted octanol–water partition coefficient (Wildman–Crippen LogP) is 4.99. The number of carboxylic acids is 1. The monoisotopic (exact) mass is 349 g/mol. The summed E-state index contributed by atoms with van der Waals surface area (Å²) in [7, 11) is 0. The molecule has 2 aromatic rings. The van der Waals surface area contributed by atoms with E-state index in [-0.39, 0.29) is 16.6 Å². The number of pyridine rings is 1. The lowest BCUT2D eigenvalue weighted by Gasteiger charge is -2.12. The molecule has 0 saturated heterocycles. The van der Waals surface area contributed by atoms with Crippen LogP contribution in [0.2, 0.25) is 20.2 Å². The summed E-state index contributed by atoms with van der Waals surface area (Å²) in [5, 5.41) is 9.99. The Labute approximate surface area is 135 Å². The van der Waals surface area contributed by atoms with Crippen LogP contribution < -0.4 is 0 Å². The van der Waals surface area contributed by atoms with Crippen molar-refractivity contribution in [3.8, 4) is 11.3 Å². The van der Waals surface area contributed by atoms with Crippen molar-refractivity contribution in [2.45, 2.75) is 6.42 Å². The van der Waals surface area contributed by atoms with Gasteiger partial charge in [0.1, 0.15) is 5.15 Å². The van der Waals surface area contributed by atoms with Crippen molar-refractivity contribution in [1.29, 1.82) is 0 Å². The van der Waals surface area contributed by atoms with Crippen LogP contribution in [-0.2, 0) is 11.2 Å². The smallest absolute Gasteiger partial charge is 0.307 e. The van der Waals surface area contributed by atoms with E-state index >= 15 is 0 Å². The van der Waals surface area contributed by atoms with Gasteiger partial charge in [0.2, 0.25) is 0 Å². The Kier molecular flexibility index (Phi) is 4.76. The zero-order chi connectivity index (χ0) is 14.9. The normalized spacial score (nSPS) is 10.6. The maximum Gasteiger partial charge on any atom is 0.307 e. The maximum atomic E-state index is 10.9. The average molecular weight is 351 g/mol. The van der Waals surface area contributed by atoms with Crippen molar-refractivity contribution >= 4 is 52.4 Å². The van der Waals surface area contributed by atoms with Gasteiger partial charge < -0.3 is 5.11 Å². The van der Waals surface area contributed by atoms with Crippen LogP contribution in [0.15, 0.2) is 24.3 Å². The number of aliphatic carboxylic acids is 1. The number of carbonyl (C=O) groups is 1. The lowest BCUT2D eigenvalue weighted by Crippen LogP contribution is -2.04. The summed E-state index contributed by atoms with van der Waals surface area (Å²) >= 11 is 24.1. The van der Waals surface area contributed by atoms with Gasteiger partial charge in [-0.15, -0.1) is 0 Å². The van der Waals surface area contributed by atoms with Gasteiger partial charge in [0, 0.05) is 5.56 Å². The van der Waals surface area contributed by atoms with Crippen molar-refractivity contribution in [2.75, 3.05) is 0 Å². The Morgan fingerprint density at radius 2 is 1.70 bits per heavy atom. The summed E-state index contributed by atoms with van der Waals surface area (Å²) in [5.41, 5.74) is 1.14. The van der Waals surface area contributed by atoms with E-state index in [1.54, 1.807) is 18.2 Å². The Bertz CT molecular complexity index is 688. The van der Waals surface area contributed by atoms with Gasteiger partial charge in [-0.1, -0.05) is 52.5 Å². The minimum atomic E-state index is -0.996. The van der Waals surface area contributed by atoms with E-state index < -0.39 is 5.97 Å². The fraction of sp³-hybridized carbons (Fsp3) is 0.0769. The summed E-state index contributed by atoms with van der Waals surface area (Å²) < 4.78 is 0. The van der Waals surface area contributed by atoms with Gasteiger partial charge in [0.15, 0.2) is 0 Å². The number of hydrogen-bond acceptors (Lipinski definition) is 2. The lowest BCUT2D eigenvalue weighted by molar-refractivity contribution is -0.136. The Morgan fingerprint density at radius 1 is 1.05 bits per heavy atom. The molecule has 0 aliphatic rings. The van der Waals surface area contributed by atoms with Crippen LogP contribution in [0.5, 0.6) is 0 Å². The molecule has 1 heterocycles. The highest BCUT2D eigenvalue weighted by Gasteiger charge is 2.18. The predicted molar refractivity (Wildman–Crippen MR) is 81.1 cm³/mol. The SMILES string of the molecule is O=C(O)Cc1ccc(Cl)nc1-c1c(Cl)ccc(Cl)c1Cl.